The van der Waals surface area contributed by atoms with Crippen LogP contribution in [-0.2, 0) is 11.3 Å². The largest absolute Gasteiger partial charge is 0.341 e. The third-order valence-corrected chi connectivity index (χ3v) is 7.77. The first-order valence-electron chi connectivity index (χ1n) is 11.5. The average molecular weight is 442 g/mol. The quantitative estimate of drug-likeness (QED) is 0.730. The van der Waals surface area contributed by atoms with Crippen LogP contribution in [0.25, 0.3) is 5.82 Å². The van der Waals surface area contributed by atoms with E-state index in [9.17, 15) is 4.79 Å². The van der Waals surface area contributed by atoms with Gasteiger partial charge >= 0.3 is 0 Å². The Morgan fingerprint density at radius 3 is 2.74 bits per heavy atom. The Balaban J connectivity index is 1.16. The molecule has 0 radical (unpaired) electrons. The van der Waals surface area contributed by atoms with Gasteiger partial charge in [-0.25, -0.2) is 4.98 Å². The minimum absolute atomic E-state index is 0.264. The van der Waals surface area contributed by atoms with Crippen molar-refractivity contribution >= 4 is 17.5 Å². The molecule has 1 atom stereocenters. The number of halogens is 1. The summed E-state index contributed by atoms with van der Waals surface area (Å²) in [5.74, 6) is 1.58. The maximum Gasteiger partial charge on any atom is 0.226 e. The summed E-state index contributed by atoms with van der Waals surface area (Å²) in [4.78, 5) is 24.6. The molecule has 0 N–H and O–H groups in total. The average Bonchev–Trinajstić information content (AvgIpc) is 3.36. The van der Waals surface area contributed by atoms with E-state index in [0.717, 1.165) is 77.3 Å². The van der Waals surface area contributed by atoms with Crippen molar-refractivity contribution in [2.24, 2.45) is 11.3 Å². The molecule has 0 bridgehead atoms. The number of amides is 1. The van der Waals surface area contributed by atoms with E-state index in [1.807, 2.05) is 12.1 Å². The topological polar surface area (TPSA) is 44.6 Å². The molecule has 7 heteroatoms. The Morgan fingerprint density at radius 2 is 1.97 bits per heavy atom. The first-order valence-corrected chi connectivity index (χ1v) is 11.9. The molecule has 6 nitrogen and oxygen atoms in total. The normalized spacial score (nSPS) is 24.3. The van der Waals surface area contributed by atoms with Gasteiger partial charge in [0.1, 0.15) is 5.82 Å². The maximum atomic E-state index is 13.1. The van der Waals surface area contributed by atoms with Crippen LogP contribution in [0.4, 0.5) is 0 Å². The van der Waals surface area contributed by atoms with Gasteiger partial charge in [0.25, 0.3) is 0 Å². The summed E-state index contributed by atoms with van der Waals surface area (Å²) < 4.78 is 2.14. The van der Waals surface area contributed by atoms with Crippen LogP contribution in [0.5, 0.6) is 0 Å². The highest BCUT2D eigenvalue weighted by atomic mass is 35.5. The molecule has 31 heavy (non-hydrogen) atoms. The minimum atomic E-state index is 0.264. The van der Waals surface area contributed by atoms with E-state index in [4.69, 9.17) is 11.6 Å². The number of carbonyl (C=O) groups is 1. The number of piperidine rings is 1. The molecule has 1 aliphatic carbocycles. The Bertz CT molecular complexity index is 918. The smallest absolute Gasteiger partial charge is 0.226 e. The van der Waals surface area contributed by atoms with Crippen LogP contribution in [0.2, 0.25) is 5.02 Å². The van der Waals surface area contributed by atoms with Gasteiger partial charge in [0.15, 0.2) is 0 Å². The Kier molecular flexibility index (Phi) is 5.80. The van der Waals surface area contributed by atoms with Crippen molar-refractivity contribution in [3.05, 3.63) is 47.4 Å². The summed E-state index contributed by atoms with van der Waals surface area (Å²) >= 11 is 5.99. The number of likely N-dealkylation sites (N-methyl/N-ethyl adjacent to an activating group) is 1. The minimum Gasteiger partial charge on any atom is -0.341 e. The van der Waals surface area contributed by atoms with Crippen molar-refractivity contribution in [2.75, 3.05) is 46.3 Å². The van der Waals surface area contributed by atoms with Crippen LogP contribution in [-0.4, -0.2) is 76.5 Å². The highest BCUT2D eigenvalue weighted by Crippen LogP contribution is 2.60. The summed E-state index contributed by atoms with van der Waals surface area (Å²) in [6.07, 6.45) is 8.21. The molecular weight excluding hydrogens is 410 g/mol. The highest BCUT2D eigenvalue weighted by Gasteiger charge is 2.59. The number of rotatable bonds is 4. The molecule has 3 aliphatic rings. The number of aromatic nitrogens is 2. The van der Waals surface area contributed by atoms with E-state index in [0.29, 0.717) is 10.9 Å². The van der Waals surface area contributed by atoms with E-state index in [1.165, 1.54) is 5.69 Å². The van der Waals surface area contributed by atoms with E-state index < -0.39 is 0 Å². The summed E-state index contributed by atoms with van der Waals surface area (Å²) in [5.41, 5.74) is 1.51. The van der Waals surface area contributed by atoms with E-state index in [2.05, 4.69) is 49.6 Å². The number of nitrogens with zero attached hydrogens (tertiary/aromatic N) is 5. The Morgan fingerprint density at radius 1 is 1.13 bits per heavy atom. The Labute approximate surface area is 189 Å². The van der Waals surface area contributed by atoms with Crippen LogP contribution in [0.3, 0.4) is 0 Å². The van der Waals surface area contributed by atoms with Gasteiger partial charge in [0.2, 0.25) is 5.91 Å². The molecule has 2 aromatic rings. The lowest BCUT2D eigenvalue weighted by atomic mass is 9.90. The summed E-state index contributed by atoms with van der Waals surface area (Å²) in [6, 6.07) is 8.08. The van der Waals surface area contributed by atoms with Gasteiger partial charge in [-0.3, -0.25) is 9.69 Å². The monoisotopic (exact) mass is 441 g/mol. The lowest BCUT2D eigenvalue weighted by Crippen LogP contribution is -2.39. The third kappa shape index (κ3) is 4.38. The first-order chi connectivity index (χ1) is 15.0. The number of hydrogen-bond donors (Lipinski definition) is 0. The predicted molar refractivity (Wildman–Crippen MR) is 122 cm³/mol. The van der Waals surface area contributed by atoms with Crippen LogP contribution in [0.1, 0.15) is 31.4 Å². The van der Waals surface area contributed by atoms with Crippen LogP contribution >= 0.6 is 11.6 Å². The van der Waals surface area contributed by atoms with Crippen LogP contribution in [0, 0.1) is 11.3 Å². The fourth-order valence-corrected chi connectivity index (χ4v) is 5.51. The molecule has 1 saturated carbocycles. The maximum absolute atomic E-state index is 13.1. The Hall–Kier alpha value is -1.89. The molecule has 2 saturated heterocycles. The number of likely N-dealkylation sites (tertiary alicyclic amines) is 1. The molecule has 4 heterocycles. The summed E-state index contributed by atoms with van der Waals surface area (Å²) in [6.45, 7) is 6.95. The standard InChI is InChI=1S/C24H32ClN5O/c1-27-9-3-10-29(15-14-27)23(31)21-16-24(21)7-12-28(13-8-24)18-20-4-2-11-30(20)22-6-5-19(25)17-26-22/h2,4-6,11,17,21H,3,7-10,12-16,18H2,1H3. The molecule has 2 aliphatic heterocycles. The molecule has 166 valence electrons. The second-order valence-corrected chi connectivity index (χ2v) is 10.0. The number of pyridine rings is 1. The summed E-state index contributed by atoms with van der Waals surface area (Å²) in [7, 11) is 2.15. The zero-order valence-electron chi connectivity index (χ0n) is 18.3. The number of carbonyl (C=O) groups excluding carboxylic acids is 1. The van der Waals surface area contributed by atoms with Crippen molar-refractivity contribution in [1.82, 2.24) is 24.3 Å². The van der Waals surface area contributed by atoms with Gasteiger partial charge in [0, 0.05) is 50.2 Å². The molecule has 1 amide bonds. The molecule has 3 fully saturated rings. The lowest BCUT2D eigenvalue weighted by Gasteiger charge is -2.33. The van der Waals surface area contributed by atoms with Crippen molar-refractivity contribution in [3.63, 3.8) is 0 Å². The SMILES string of the molecule is CN1CCCN(C(=O)C2CC23CCN(Cc2cccn2-c2ccc(Cl)cn2)CC3)CC1. The molecule has 0 aromatic carbocycles. The molecule has 1 spiro atoms. The van der Waals surface area contributed by atoms with E-state index >= 15 is 0 Å². The highest BCUT2D eigenvalue weighted by molar-refractivity contribution is 6.30. The summed E-state index contributed by atoms with van der Waals surface area (Å²) in [5, 5.41) is 0.652. The van der Waals surface area contributed by atoms with Gasteiger partial charge in [-0.2, -0.15) is 0 Å². The van der Waals surface area contributed by atoms with Gasteiger partial charge in [-0.1, -0.05) is 11.6 Å². The van der Waals surface area contributed by atoms with Crippen LogP contribution in [0.15, 0.2) is 36.7 Å². The van der Waals surface area contributed by atoms with Crippen molar-refractivity contribution in [3.8, 4) is 5.82 Å². The molecule has 1 unspecified atom stereocenters. The zero-order valence-corrected chi connectivity index (χ0v) is 19.1. The van der Waals surface area contributed by atoms with Gasteiger partial charge in [0.05, 0.1) is 5.02 Å². The second-order valence-electron chi connectivity index (χ2n) is 9.58. The zero-order chi connectivity index (χ0) is 21.4. The predicted octanol–water partition coefficient (Wildman–Crippen LogP) is 3.29. The molecule has 2 aromatic heterocycles. The second kappa shape index (κ2) is 8.57. The van der Waals surface area contributed by atoms with E-state index in [1.54, 1.807) is 6.20 Å². The molecular formula is C24H32ClN5O. The first kappa shape index (κ1) is 21.0. The third-order valence-electron chi connectivity index (χ3n) is 7.55. The van der Waals surface area contributed by atoms with Crippen LogP contribution < -0.4 is 0 Å². The van der Waals surface area contributed by atoms with Gasteiger partial charge in [-0.05, 0) is 82.0 Å². The fraction of sp³-hybridized carbons (Fsp3) is 0.583. The van der Waals surface area contributed by atoms with Crippen molar-refractivity contribution in [2.45, 2.75) is 32.2 Å². The van der Waals surface area contributed by atoms with Gasteiger partial charge < -0.3 is 14.4 Å². The fourth-order valence-electron chi connectivity index (χ4n) is 5.40. The lowest BCUT2D eigenvalue weighted by molar-refractivity contribution is -0.133. The van der Waals surface area contributed by atoms with Crippen molar-refractivity contribution in [1.29, 1.82) is 0 Å². The van der Waals surface area contributed by atoms with E-state index in [-0.39, 0.29) is 11.3 Å². The van der Waals surface area contributed by atoms with Gasteiger partial charge in [-0.15, -0.1) is 0 Å². The molecule has 5 rings (SSSR count). The number of hydrogen-bond acceptors (Lipinski definition) is 4. The van der Waals surface area contributed by atoms with Crippen molar-refractivity contribution < 1.29 is 4.79 Å².